The largest absolute Gasteiger partial charge is 0.275 e. The van der Waals surface area contributed by atoms with Gasteiger partial charge in [0.1, 0.15) is 7.05 Å². The highest BCUT2D eigenvalue weighted by Crippen LogP contribution is 2.15. The van der Waals surface area contributed by atoms with Gasteiger partial charge in [-0.15, -0.1) is 0 Å². The van der Waals surface area contributed by atoms with Gasteiger partial charge < -0.3 is 0 Å². The van der Waals surface area contributed by atoms with Crippen LogP contribution in [0, 0.1) is 0 Å². The van der Waals surface area contributed by atoms with Gasteiger partial charge in [0.2, 0.25) is 0 Å². The second-order valence-corrected chi connectivity index (χ2v) is 3.54. The Bertz CT molecular complexity index is 431. The SMILES string of the molecule is C[n+]1ccc(-c2cc[n+](CN)cc2)cc1. The molecule has 0 aliphatic rings. The minimum atomic E-state index is 0.518. The standard InChI is InChI=1S/C12H15N3/c1-14-6-2-11(3-7-14)12-4-8-15(10-13)9-5-12/h2-9H,10,13H2,1H3/q+2. The molecule has 0 fully saturated rings. The van der Waals surface area contributed by atoms with Crippen LogP contribution in [0.1, 0.15) is 0 Å². The van der Waals surface area contributed by atoms with Gasteiger partial charge in [-0.3, -0.25) is 5.73 Å². The molecule has 0 radical (unpaired) electrons. The van der Waals surface area contributed by atoms with E-state index in [0.717, 1.165) is 0 Å². The summed E-state index contributed by atoms with van der Waals surface area (Å²) >= 11 is 0. The molecule has 3 nitrogen and oxygen atoms in total. The summed E-state index contributed by atoms with van der Waals surface area (Å²) < 4.78 is 3.96. The summed E-state index contributed by atoms with van der Waals surface area (Å²) in [5, 5.41) is 0. The van der Waals surface area contributed by atoms with Gasteiger partial charge in [-0.1, -0.05) is 0 Å². The van der Waals surface area contributed by atoms with Gasteiger partial charge in [0.25, 0.3) is 0 Å². The molecule has 3 heteroatoms. The van der Waals surface area contributed by atoms with Crippen molar-refractivity contribution in [3.63, 3.8) is 0 Å². The van der Waals surface area contributed by atoms with E-state index in [4.69, 9.17) is 5.73 Å². The average Bonchev–Trinajstić information content (AvgIpc) is 2.30. The van der Waals surface area contributed by atoms with E-state index in [1.165, 1.54) is 11.1 Å². The molecule has 2 aromatic heterocycles. The first kappa shape index (κ1) is 9.80. The molecule has 2 rings (SSSR count). The summed E-state index contributed by atoms with van der Waals surface area (Å²) in [5.74, 6) is 0. The maximum atomic E-state index is 5.52. The zero-order chi connectivity index (χ0) is 10.7. The van der Waals surface area contributed by atoms with Crippen LogP contribution in [0.3, 0.4) is 0 Å². The lowest BCUT2D eigenvalue weighted by atomic mass is 10.1. The topological polar surface area (TPSA) is 33.8 Å². The second-order valence-electron chi connectivity index (χ2n) is 3.54. The molecule has 0 saturated carbocycles. The van der Waals surface area contributed by atoms with Crippen LogP contribution in [0.25, 0.3) is 11.1 Å². The van der Waals surface area contributed by atoms with Gasteiger partial charge in [-0.25, -0.2) is 4.57 Å². The Labute approximate surface area is 89.4 Å². The maximum absolute atomic E-state index is 5.52. The predicted molar refractivity (Wildman–Crippen MR) is 57.4 cm³/mol. The van der Waals surface area contributed by atoms with Crippen molar-refractivity contribution < 1.29 is 9.13 Å². The van der Waals surface area contributed by atoms with Crippen LogP contribution in [0.5, 0.6) is 0 Å². The normalized spacial score (nSPS) is 10.3. The first-order valence-corrected chi connectivity index (χ1v) is 4.94. The van der Waals surface area contributed by atoms with E-state index in [0.29, 0.717) is 6.67 Å². The predicted octanol–water partition coefficient (Wildman–Crippen LogP) is 0.382. The van der Waals surface area contributed by atoms with Crippen LogP contribution in [0.15, 0.2) is 49.1 Å². The third-order valence-corrected chi connectivity index (χ3v) is 2.41. The van der Waals surface area contributed by atoms with Crippen LogP contribution >= 0.6 is 0 Å². The van der Waals surface area contributed by atoms with E-state index in [2.05, 4.69) is 24.3 Å². The lowest BCUT2D eigenvalue weighted by molar-refractivity contribution is -0.696. The summed E-state index contributed by atoms with van der Waals surface area (Å²) in [5.41, 5.74) is 7.95. The summed E-state index contributed by atoms with van der Waals surface area (Å²) in [6.07, 6.45) is 8.06. The van der Waals surface area contributed by atoms with Gasteiger partial charge in [0.15, 0.2) is 31.5 Å². The molecule has 0 aliphatic carbocycles. The Morgan fingerprint density at radius 1 is 0.933 bits per heavy atom. The first-order chi connectivity index (χ1) is 7.29. The molecule has 2 N–H and O–H groups in total. The Hall–Kier alpha value is -1.74. The Morgan fingerprint density at radius 3 is 1.87 bits per heavy atom. The van der Waals surface area contributed by atoms with Gasteiger partial charge in [0, 0.05) is 24.3 Å². The fourth-order valence-electron chi connectivity index (χ4n) is 1.46. The molecule has 0 atom stereocenters. The Kier molecular flexibility index (Phi) is 2.74. The smallest absolute Gasteiger partial charge is 0.199 e. The highest BCUT2D eigenvalue weighted by molar-refractivity contribution is 5.60. The van der Waals surface area contributed by atoms with E-state index in [9.17, 15) is 0 Å². The number of pyridine rings is 2. The van der Waals surface area contributed by atoms with E-state index < -0.39 is 0 Å². The van der Waals surface area contributed by atoms with Crippen molar-refractivity contribution in [1.29, 1.82) is 0 Å². The number of hydrogen-bond acceptors (Lipinski definition) is 1. The molecular formula is C12H15N3+2. The zero-order valence-electron chi connectivity index (χ0n) is 8.80. The number of aromatic nitrogens is 2. The molecule has 0 amide bonds. The molecule has 0 saturated heterocycles. The Balaban J connectivity index is 2.33. The van der Waals surface area contributed by atoms with Crippen molar-refractivity contribution in [3.8, 4) is 11.1 Å². The monoisotopic (exact) mass is 201 g/mol. The van der Waals surface area contributed by atoms with E-state index in [-0.39, 0.29) is 0 Å². The molecule has 0 aromatic carbocycles. The molecule has 0 spiro atoms. The molecule has 15 heavy (non-hydrogen) atoms. The highest BCUT2D eigenvalue weighted by Gasteiger charge is 2.02. The van der Waals surface area contributed by atoms with Gasteiger partial charge in [0.05, 0.1) is 0 Å². The Morgan fingerprint density at radius 2 is 1.40 bits per heavy atom. The van der Waals surface area contributed by atoms with E-state index in [1.807, 2.05) is 41.0 Å². The molecular weight excluding hydrogens is 186 g/mol. The first-order valence-electron chi connectivity index (χ1n) is 4.94. The van der Waals surface area contributed by atoms with Crippen LogP contribution in [0.4, 0.5) is 0 Å². The minimum Gasteiger partial charge on any atom is -0.275 e. The van der Waals surface area contributed by atoms with Crippen molar-refractivity contribution >= 4 is 0 Å². The van der Waals surface area contributed by atoms with Crippen LogP contribution in [-0.4, -0.2) is 0 Å². The van der Waals surface area contributed by atoms with Crippen molar-refractivity contribution in [1.82, 2.24) is 0 Å². The van der Waals surface area contributed by atoms with Crippen molar-refractivity contribution in [2.24, 2.45) is 12.8 Å². The van der Waals surface area contributed by atoms with E-state index in [1.54, 1.807) is 0 Å². The second kappa shape index (κ2) is 4.19. The van der Waals surface area contributed by atoms with Crippen molar-refractivity contribution in [2.45, 2.75) is 6.67 Å². The quantitative estimate of drug-likeness (QED) is 0.700. The fraction of sp³-hybridized carbons (Fsp3) is 0.167. The number of hydrogen-bond donors (Lipinski definition) is 1. The van der Waals surface area contributed by atoms with Crippen molar-refractivity contribution in [2.75, 3.05) is 0 Å². The molecule has 2 aromatic rings. The summed E-state index contributed by atoms with van der Waals surface area (Å²) in [7, 11) is 2.01. The average molecular weight is 201 g/mol. The lowest BCUT2D eigenvalue weighted by Gasteiger charge is -1.98. The molecule has 76 valence electrons. The van der Waals surface area contributed by atoms with Crippen LogP contribution in [0.2, 0.25) is 0 Å². The summed E-state index contributed by atoms with van der Waals surface area (Å²) in [4.78, 5) is 0. The molecule has 0 unspecified atom stereocenters. The number of aryl methyl sites for hydroxylation is 1. The third kappa shape index (κ3) is 2.19. The van der Waals surface area contributed by atoms with E-state index >= 15 is 0 Å². The van der Waals surface area contributed by atoms with Gasteiger partial charge >= 0.3 is 0 Å². The number of rotatable bonds is 2. The number of nitrogens with zero attached hydrogens (tertiary/aromatic N) is 2. The third-order valence-electron chi connectivity index (χ3n) is 2.41. The summed E-state index contributed by atoms with van der Waals surface area (Å²) in [6, 6.07) is 8.34. The number of nitrogens with two attached hydrogens (primary N) is 1. The highest BCUT2D eigenvalue weighted by atomic mass is 15.0. The molecule has 0 bridgehead atoms. The van der Waals surface area contributed by atoms with Gasteiger partial charge in [-0.2, -0.15) is 4.57 Å². The fourth-order valence-corrected chi connectivity index (χ4v) is 1.46. The lowest BCUT2D eigenvalue weighted by Crippen LogP contribution is -2.37. The summed E-state index contributed by atoms with van der Waals surface area (Å²) in [6.45, 7) is 0.518. The van der Waals surface area contributed by atoms with Gasteiger partial charge in [-0.05, 0) is 11.1 Å². The zero-order valence-corrected chi connectivity index (χ0v) is 8.80. The van der Waals surface area contributed by atoms with Crippen LogP contribution < -0.4 is 14.9 Å². The molecule has 0 aliphatic heterocycles. The van der Waals surface area contributed by atoms with Crippen molar-refractivity contribution in [3.05, 3.63) is 49.1 Å². The minimum absolute atomic E-state index is 0.518. The maximum Gasteiger partial charge on any atom is 0.199 e. The van der Waals surface area contributed by atoms with Crippen LogP contribution in [-0.2, 0) is 13.7 Å². The molecule has 2 heterocycles.